The number of ketones is 1. The molecule has 1 aromatic carbocycles. The van der Waals surface area contributed by atoms with Crippen LogP contribution in [0.15, 0.2) is 12.1 Å². The number of alkyl halides is 3. The van der Waals surface area contributed by atoms with Crippen LogP contribution in [0, 0.1) is 3.57 Å². The van der Waals surface area contributed by atoms with Gasteiger partial charge in [0.25, 0.3) is 0 Å². The normalized spacial score (nSPS) is 11.4. The molecule has 0 amide bonds. The molecule has 0 atom stereocenters. The molecule has 16 heavy (non-hydrogen) atoms. The lowest BCUT2D eigenvalue weighted by molar-refractivity contribution is -0.274. The van der Waals surface area contributed by atoms with Crippen LogP contribution in [0.1, 0.15) is 17.3 Å². The molecule has 0 aliphatic carbocycles. The molecule has 0 unspecified atom stereocenters. The molecule has 7 heteroatoms. The van der Waals surface area contributed by atoms with Crippen molar-refractivity contribution in [2.24, 2.45) is 0 Å². The molecular formula is C9H5ClF3IO2. The van der Waals surface area contributed by atoms with Gasteiger partial charge in [0.15, 0.2) is 5.78 Å². The average Bonchev–Trinajstić information content (AvgIpc) is 2.07. The average molecular weight is 364 g/mol. The van der Waals surface area contributed by atoms with Crippen LogP contribution >= 0.6 is 34.2 Å². The van der Waals surface area contributed by atoms with Gasteiger partial charge >= 0.3 is 6.36 Å². The maximum Gasteiger partial charge on any atom is 0.573 e. The predicted molar refractivity (Wildman–Crippen MR) is 60.9 cm³/mol. The van der Waals surface area contributed by atoms with Gasteiger partial charge in [-0.2, -0.15) is 0 Å². The Morgan fingerprint density at radius 3 is 2.44 bits per heavy atom. The molecule has 0 saturated carbocycles. The standard InChI is InChI=1S/C9H5ClF3IO2/c1-4(15)6-2-5(14)3-7(8(6)10)16-9(11,12)13/h2-3H,1H3. The quantitative estimate of drug-likeness (QED) is 0.585. The molecule has 0 aliphatic heterocycles. The highest BCUT2D eigenvalue weighted by Gasteiger charge is 2.32. The summed E-state index contributed by atoms with van der Waals surface area (Å²) in [7, 11) is 0. The van der Waals surface area contributed by atoms with Gasteiger partial charge in [-0.1, -0.05) is 11.6 Å². The zero-order valence-electron chi connectivity index (χ0n) is 7.86. The van der Waals surface area contributed by atoms with Gasteiger partial charge in [-0.3, -0.25) is 4.79 Å². The second-order valence-electron chi connectivity index (χ2n) is 2.87. The summed E-state index contributed by atoms with van der Waals surface area (Å²) in [6, 6.07) is 2.51. The monoisotopic (exact) mass is 364 g/mol. The van der Waals surface area contributed by atoms with Gasteiger partial charge in [-0.05, 0) is 41.6 Å². The van der Waals surface area contributed by atoms with E-state index < -0.39 is 17.9 Å². The molecule has 0 aliphatic rings. The van der Waals surface area contributed by atoms with E-state index in [2.05, 4.69) is 4.74 Å². The Balaban J connectivity index is 3.25. The molecule has 0 heterocycles. The molecule has 0 saturated heterocycles. The van der Waals surface area contributed by atoms with Crippen molar-refractivity contribution in [1.29, 1.82) is 0 Å². The van der Waals surface area contributed by atoms with Crippen LogP contribution in [0.25, 0.3) is 0 Å². The maximum atomic E-state index is 12.0. The summed E-state index contributed by atoms with van der Waals surface area (Å²) in [5.41, 5.74) is 0.00724. The molecule has 0 fully saturated rings. The molecule has 0 bridgehead atoms. The van der Waals surface area contributed by atoms with E-state index in [4.69, 9.17) is 11.6 Å². The van der Waals surface area contributed by atoms with Gasteiger partial charge < -0.3 is 4.74 Å². The topological polar surface area (TPSA) is 26.3 Å². The number of rotatable bonds is 2. The van der Waals surface area contributed by atoms with Gasteiger partial charge in [0.2, 0.25) is 0 Å². The number of hydrogen-bond donors (Lipinski definition) is 0. The fourth-order valence-corrected chi connectivity index (χ4v) is 1.89. The van der Waals surface area contributed by atoms with Crippen LogP contribution < -0.4 is 4.74 Å². The summed E-state index contributed by atoms with van der Waals surface area (Å²) in [5.74, 6) is -0.984. The van der Waals surface area contributed by atoms with E-state index in [-0.39, 0.29) is 10.6 Å². The first-order valence-electron chi connectivity index (χ1n) is 3.96. The van der Waals surface area contributed by atoms with Crippen LogP contribution in [0.3, 0.4) is 0 Å². The third kappa shape index (κ3) is 3.51. The first kappa shape index (κ1) is 13.6. The van der Waals surface area contributed by atoms with Crippen LogP contribution in [0.2, 0.25) is 5.02 Å². The van der Waals surface area contributed by atoms with Gasteiger partial charge in [0.05, 0.1) is 5.02 Å². The van der Waals surface area contributed by atoms with Crippen molar-refractivity contribution in [2.45, 2.75) is 13.3 Å². The Bertz CT molecular complexity index is 431. The molecule has 2 nitrogen and oxygen atoms in total. The largest absolute Gasteiger partial charge is 0.573 e. The van der Waals surface area contributed by atoms with Crippen LogP contribution in [-0.4, -0.2) is 12.1 Å². The number of carbonyl (C=O) groups excluding carboxylic acids is 1. The molecule has 0 radical (unpaired) electrons. The van der Waals surface area contributed by atoms with Gasteiger partial charge in [0.1, 0.15) is 5.75 Å². The minimum Gasteiger partial charge on any atom is -0.404 e. The highest BCUT2D eigenvalue weighted by Crippen LogP contribution is 2.34. The Morgan fingerprint density at radius 1 is 1.44 bits per heavy atom. The van der Waals surface area contributed by atoms with Crippen LogP contribution in [0.4, 0.5) is 13.2 Å². The fourth-order valence-electron chi connectivity index (χ4n) is 1.02. The summed E-state index contributed by atoms with van der Waals surface area (Å²) in [5, 5.41) is -0.328. The van der Waals surface area contributed by atoms with Crippen molar-refractivity contribution in [2.75, 3.05) is 0 Å². The summed E-state index contributed by atoms with van der Waals surface area (Å²) < 4.78 is 40.2. The third-order valence-electron chi connectivity index (χ3n) is 1.61. The molecule has 0 aromatic heterocycles. The lowest BCUT2D eigenvalue weighted by Gasteiger charge is -2.12. The summed E-state index contributed by atoms with van der Waals surface area (Å²) in [6.45, 7) is 1.22. The molecule has 1 aromatic rings. The van der Waals surface area contributed by atoms with Crippen molar-refractivity contribution >= 4 is 40.0 Å². The third-order valence-corrected chi connectivity index (χ3v) is 2.62. The van der Waals surface area contributed by atoms with E-state index in [9.17, 15) is 18.0 Å². The van der Waals surface area contributed by atoms with Crippen LogP contribution in [-0.2, 0) is 0 Å². The van der Waals surface area contributed by atoms with E-state index >= 15 is 0 Å². The number of benzene rings is 1. The van der Waals surface area contributed by atoms with E-state index in [1.54, 1.807) is 22.6 Å². The van der Waals surface area contributed by atoms with Crippen molar-refractivity contribution in [1.82, 2.24) is 0 Å². The van der Waals surface area contributed by atoms with Crippen molar-refractivity contribution in [3.63, 3.8) is 0 Å². The van der Waals surface area contributed by atoms with Gasteiger partial charge in [-0.15, -0.1) is 13.2 Å². The molecule has 1 rings (SSSR count). The number of hydrogen-bond acceptors (Lipinski definition) is 2. The molecule has 0 spiro atoms. The van der Waals surface area contributed by atoms with Crippen molar-refractivity contribution in [3.05, 3.63) is 26.3 Å². The Hall–Kier alpha value is -0.500. The summed E-state index contributed by atoms with van der Waals surface area (Å²) in [4.78, 5) is 11.1. The first-order valence-corrected chi connectivity index (χ1v) is 5.42. The van der Waals surface area contributed by atoms with E-state index in [0.29, 0.717) is 3.57 Å². The number of carbonyl (C=O) groups is 1. The second-order valence-corrected chi connectivity index (χ2v) is 4.49. The number of Topliss-reactive ketones (excluding diaryl/α,β-unsaturated/α-hetero) is 1. The minimum atomic E-state index is -4.83. The van der Waals surface area contributed by atoms with Gasteiger partial charge in [0, 0.05) is 9.13 Å². The smallest absolute Gasteiger partial charge is 0.404 e. The zero-order valence-corrected chi connectivity index (χ0v) is 10.8. The molecule has 88 valence electrons. The highest BCUT2D eigenvalue weighted by molar-refractivity contribution is 14.1. The fraction of sp³-hybridized carbons (Fsp3) is 0.222. The Morgan fingerprint density at radius 2 is 2.00 bits per heavy atom. The Labute approximate surface area is 108 Å². The van der Waals surface area contributed by atoms with E-state index in [1.165, 1.54) is 13.0 Å². The summed E-state index contributed by atoms with van der Waals surface area (Å²) in [6.07, 6.45) is -4.83. The predicted octanol–water partition coefficient (Wildman–Crippen LogP) is 4.05. The van der Waals surface area contributed by atoms with Crippen LogP contribution in [0.5, 0.6) is 5.75 Å². The first-order chi connectivity index (χ1) is 7.20. The summed E-state index contributed by atoms with van der Waals surface area (Å²) >= 11 is 7.41. The van der Waals surface area contributed by atoms with E-state index in [1.807, 2.05) is 0 Å². The van der Waals surface area contributed by atoms with Gasteiger partial charge in [-0.25, -0.2) is 0 Å². The lowest BCUT2D eigenvalue weighted by atomic mass is 10.1. The lowest BCUT2D eigenvalue weighted by Crippen LogP contribution is -2.18. The maximum absolute atomic E-state index is 12.0. The number of halogens is 5. The highest BCUT2D eigenvalue weighted by atomic mass is 127. The number of ether oxygens (including phenoxy) is 1. The SMILES string of the molecule is CC(=O)c1cc(I)cc(OC(F)(F)F)c1Cl. The Kier molecular flexibility index (Phi) is 4.06. The van der Waals surface area contributed by atoms with Crippen molar-refractivity contribution in [3.8, 4) is 5.75 Å². The van der Waals surface area contributed by atoms with E-state index in [0.717, 1.165) is 6.07 Å². The second kappa shape index (κ2) is 4.79. The minimum absolute atomic E-state index is 0.00724. The molecular weight excluding hydrogens is 359 g/mol. The van der Waals surface area contributed by atoms with Crippen molar-refractivity contribution < 1.29 is 22.7 Å². The molecule has 0 N–H and O–H groups in total. The zero-order chi connectivity index (χ0) is 12.5.